The van der Waals surface area contributed by atoms with Gasteiger partial charge in [0.15, 0.2) is 0 Å². The van der Waals surface area contributed by atoms with Gasteiger partial charge in [0.25, 0.3) is 0 Å². The summed E-state index contributed by atoms with van der Waals surface area (Å²) >= 11 is 0. The van der Waals surface area contributed by atoms with E-state index in [1.54, 1.807) is 0 Å². The van der Waals surface area contributed by atoms with Crippen LogP contribution in [0.25, 0.3) is 0 Å². The molecule has 0 saturated carbocycles. The molecule has 38 heavy (non-hydrogen) atoms. The van der Waals surface area contributed by atoms with Crippen LogP contribution < -0.4 is 11.5 Å². The third-order valence-electron chi connectivity index (χ3n) is 7.91. The third-order valence-corrected chi connectivity index (χ3v) is 7.91. The minimum absolute atomic E-state index is 0.825. The van der Waals surface area contributed by atoms with Gasteiger partial charge in [0.1, 0.15) is 0 Å². The van der Waals surface area contributed by atoms with Crippen molar-refractivity contribution >= 4 is 11.4 Å². The van der Waals surface area contributed by atoms with E-state index in [1.165, 1.54) is 94.2 Å². The fourth-order valence-electron chi connectivity index (χ4n) is 5.70. The first-order valence-electron chi connectivity index (χ1n) is 14.2. The zero-order valence-electron chi connectivity index (χ0n) is 23.7. The van der Waals surface area contributed by atoms with Crippen molar-refractivity contribution in [2.75, 3.05) is 11.5 Å². The summed E-state index contributed by atoms with van der Waals surface area (Å²) < 4.78 is 0. The summed E-state index contributed by atoms with van der Waals surface area (Å²) in [7, 11) is 0. The lowest BCUT2D eigenvalue weighted by Gasteiger charge is -2.14. The van der Waals surface area contributed by atoms with Crippen LogP contribution in [0.1, 0.15) is 81.3 Å². The summed E-state index contributed by atoms with van der Waals surface area (Å²) in [5.74, 6) is 0. The molecule has 4 rings (SSSR count). The topological polar surface area (TPSA) is 52.0 Å². The zero-order chi connectivity index (χ0) is 27.1. The van der Waals surface area contributed by atoms with Crippen LogP contribution in [-0.4, -0.2) is 0 Å². The van der Waals surface area contributed by atoms with Gasteiger partial charge in [-0.2, -0.15) is 0 Å². The number of unbranched alkanes of at least 4 members (excludes halogenated alkanes) is 3. The molecular weight excluding hydrogens is 460 g/mol. The summed E-state index contributed by atoms with van der Waals surface area (Å²) in [4.78, 5) is 0. The predicted octanol–water partition coefficient (Wildman–Crippen LogP) is 8.61. The second-order valence-electron chi connectivity index (χ2n) is 11.2. The Morgan fingerprint density at radius 1 is 0.421 bits per heavy atom. The molecule has 0 spiro atoms. The van der Waals surface area contributed by atoms with Crippen molar-refractivity contribution in [1.29, 1.82) is 0 Å². The summed E-state index contributed by atoms with van der Waals surface area (Å²) in [6, 6.07) is 26.1. The first-order valence-corrected chi connectivity index (χ1v) is 14.2. The highest BCUT2D eigenvalue weighted by atomic mass is 14.5. The highest BCUT2D eigenvalue weighted by Gasteiger charge is 2.09. The van der Waals surface area contributed by atoms with Crippen molar-refractivity contribution in [2.24, 2.45) is 0 Å². The van der Waals surface area contributed by atoms with E-state index >= 15 is 0 Å². The average molecular weight is 505 g/mol. The number of hydrogen-bond donors (Lipinski definition) is 2. The van der Waals surface area contributed by atoms with Crippen LogP contribution >= 0.6 is 0 Å². The molecule has 0 saturated heterocycles. The molecule has 2 nitrogen and oxygen atoms in total. The normalized spacial score (nSPS) is 11.2. The first-order chi connectivity index (χ1) is 18.3. The minimum Gasteiger partial charge on any atom is -0.399 e. The second-order valence-corrected chi connectivity index (χ2v) is 11.2. The van der Waals surface area contributed by atoms with Crippen LogP contribution in [0.5, 0.6) is 0 Å². The molecule has 0 aliphatic rings. The van der Waals surface area contributed by atoms with Gasteiger partial charge in [-0.25, -0.2) is 0 Å². The summed E-state index contributed by atoms with van der Waals surface area (Å²) in [5.41, 5.74) is 27.5. The first kappa shape index (κ1) is 27.5. The molecule has 0 amide bonds. The lowest BCUT2D eigenvalue weighted by Crippen LogP contribution is -1.99. The van der Waals surface area contributed by atoms with E-state index in [4.69, 9.17) is 11.5 Å². The third kappa shape index (κ3) is 7.51. The van der Waals surface area contributed by atoms with Crippen molar-refractivity contribution in [3.63, 3.8) is 0 Å². The van der Waals surface area contributed by atoms with Gasteiger partial charge < -0.3 is 11.5 Å². The molecule has 2 heteroatoms. The number of benzene rings is 4. The van der Waals surface area contributed by atoms with Crippen LogP contribution in [0.15, 0.2) is 72.8 Å². The lowest BCUT2D eigenvalue weighted by atomic mass is 9.91. The van der Waals surface area contributed by atoms with Crippen LogP contribution in [-0.2, 0) is 25.7 Å². The molecule has 0 aliphatic heterocycles. The van der Waals surface area contributed by atoms with Crippen LogP contribution in [0.2, 0.25) is 0 Å². The highest BCUT2D eigenvalue weighted by molar-refractivity contribution is 5.46. The van der Waals surface area contributed by atoms with E-state index in [0.29, 0.717) is 0 Å². The van der Waals surface area contributed by atoms with Gasteiger partial charge in [0, 0.05) is 11.4 Å². The Morgan fingerprint density at radius 2 is 0.737 bits per heavy atom. The van der Waals surface area contributed by atoms with Crippen molar-refractivity contribution in [3.8, 4) is 0 Å². The lowest BCUT2D eigenvalue weighted by molar-refractivity contribution is 0.640. The van der Waals surface area contributed by atoms with Gasteiger partial charge in [-0.05, 0) is 146 Å². The summed E-state index contributed by atoms with van der Waals surface area (Å²) in [6.45, 7) is 9.03. The molecule has 0 atom stereocenters. The Labute approximate surface area is 230 Å². The van der Waals surface area contributed by atoms with Gasteiger partial charge >= 0.3 is 0 Å². The van der Waals surface area contributed by atoms with E-state index in [1.807, 2.05) is 24.3 Å². The predicted molar refractivity (Wildman–Crippen MR) is 165 cm³/mol. The molecule has 0 unspecified atom stereocenters. The van der Waals surface area contributed by atoms with Gasteiger partial charge in [-0.3, -0.25) is 0 Å². The number of anilines is 2. The SMILES string of the molecule is Cc1cc(CCCCCCc2cc(C)c(Cc3ccc(N)cc3)c(C)c2)cc(C)c1Cc1ccc(N)cc1. The van der Waals surface area contributed by atoms with Gasteiger partial charge in [0.2, 0.25) is 0 Å². The van der Waals surface area contributed by atoms with E-state index in [9.17, 15) is 0 Å². The zero-order valence-corrected chi connectivity index (χ0v) is 23.7. The summed E-state index contributed by atoms with van der Waals surface area (Å²) in [6.07, 6.45) is 9.38. The Kier molecular flexibility index (Phi) is 9.29. The maximum absolute atomic E-state index is 5.85. The molecule has 198 valence electrons. The minimum atomic E-state index is 0.825. The Balaban J connectivity index is 1.22. The van der Waals surface area contributed by atoms with Crippen molar-refractivity contribution in [3.05, 3.63) is 128 Å². The second kappa shape index (κ2) is 12.8. The molecule has 0 heterocycles. The van der Waals surface area contributed by atoms with E-state index in [0.717, 1.165) is 24.2 Å². The van der Waals surface area contributed by atoms with Crippen molar-refractivity contribution in [2.45, 2.75) is 79.1 Å². The molecule has 4 aromatic carbocycles. The number of nitrogen functional groups attached to an aromatic ring is 2. The molecule has 0 aromatic heterocycles. The van der Waals surface area contributed by atoms with Gasteiger partial charge in [-0.1, -0.05) is 61.4 Å². The van der Waals surface area contributed by atoms with Crippen molar-refractivity contribution in [1.82, 2.24) is 0 Å². The summed E-state index contributed by atoms with van der Waals surface area (Å²) in [5, 5.41) is 0. The largest absolute Gasteiger partial charge is 0.399 e. The van der Waals surface area contributed by atoms with E-state index in [2.05, 4.69) is 76.2 Å². The standard InChI is InChI=1S/C36H44N2/c1-25-19-31(20-26(2)35(25)23-29-11-15-33(37)16-12-29)9-7-5-6-8-10-32-21-27(3)36(28(4)22-32)24-30-13-17-34(38)18-14-30/h11-22H,5-10,23-24,37-38H2,1-4H3. The van der Waals surface area contributed by atoms with Gasteiger partial charge in [0.05, 0.1) is 0 Å². The molecule has 0 radical (unpaired) electrons. The van der Waals surface area contributed by atoms with Crippen LogP contribution in [0.3, 0.4) is 0 Å². The van der Waals surface area contributed by atoms with Gasteiger partial charge in [-0.15, -0.1) is 0 Å². The Hall–Kier alpha value is -3.52. The maximum atomic E-state index is 5.85. The monoisotopic (exact) mass is 504 g/mol. The fourth-order valence-corrected chi connectivity index (χ4v) is 5.70. The number of rotatable bonds is 11. The Bertz CT molecular complexity index is 1190. The molecule has 0 bridgehead atoms. The maximum Gasteiger partial charge on any atom is 0.0314 e. The van der Waals surface area contributed by atoms with Crippen LogP contribution in [0, 0.1) is 27.7 Å². The number of hydrogen-bond acceptors (Lipinski definition) is 2. The molecule has 4 aromatic rings. The quantitative estimate of drug-likeness (QED) is 0.159. The molecule has 4 N–H and O–H groups in total. The molecule has 0 aliphatic carbocycles. The number of aryl methyl sites for hydroxylation is 6. The average Bonchev–Trinajstić information content (AvgIpc) is 2.88. The molecular formula is C36H44N2. The van der Waals surface area contributed by atoms with E-state index in [-0.39, 0.29) is 0 Å². The Morgan fingerprint density at radius 3 is 1.05 bits per heavy atom. The van der Waals surface area contributed by atoms with E-state index < -0.39 is 0 Å². The smallest absolute Gasteiger partial charge is 0.0314 e. The fraction of sp³-hybridized carbons (Fsp3) is 0.333. The molecule has 0 fully saturated rings. The number of nitrogens with two attached hydrogens (primary N) is 2. The highest BCUT2D eigenvalue weighted by Crippen LogP contribution is 2.24. The van der Waals surface area contributed by atoms with Crippen LogP contribution in [0.4, 0.5) is 11.4 Å². The van der Waals surface area contributed by atoms with Crippen molar-refractivity contribution < 1.29 is 0 Å².